The summed E-state index contributed by atoms with van der Waals surface area (Å²) in [4.78, 5) is 0. The summed E-state index contributed by atoms with van der Waals surface area (Å²) < 4.78 is 1.69. The molecule has 0 aliphatic carbocycles. The van der Waals surface area contributed by atoms with E-state index in [0.717, 1.165) is 5.69 Å². The van der Waals surface area contributed by atoms with Gasteiger partial charge in [0.1, 0.15) is 5.76 Å². The maximum Gasteiger partial charge on any atom is 0.152 e. The minimum atomic E-state index is -0.824. The Morgan fingerprint density at radius 3 is 3.00 bits per heavy atom. The van der Waals surface area contributed by atoms with Crippen LogP contribution in [-0.4, -0.2) is 14.8 Å². The highest BCUT2D eigenvalue weighted by molar-refractivity contribution is 5.42. The van der Waals surface area contributed by atoms with Crippen molar-refractivity contribution >= 4 is 6.20 Å². The Morgan fingerprint density at radius 1 is 1.50 bits per heavy atom. The van der Waals surface area contributed by atoms with Gasteiger partial charge in [0.25, 0.3) is 0 Å². The zero-order valence-electron chi connectivity index (χ0n) is 5.23. The van der Waals surface area contributed by atoms with Crippen molar-refractivity contribution in [2.75, 3.05) is 0 Å². The predicted octanol–water partition coefficient (Wildman–Crippen LogP) is 0.891. The van der Waals surface area contributed by atoms with Gasteiger partial charge < -0.3 is 14.8 Å². The van der Waals surface area contributed by atoms with E-state index in [1.54, 1.807) is 16.8 Å². The lowest BCUT2D eigenvalue weighted by atomic mass is 10.2. The van der Waals surface area contributed by atoms with E-state index in [1.165, 1.54) is 6.20 Å². The van der Waals surface area contributed by atoms with Crippen molar-refractivity contribution in [3.8, 4) is 0 Å². The van der Waals surface area contributed by atoms with E-state index in [4.69, 9.17) is 5.11 Å². The average molecular weight is 137 g/mol. The summed E-state index contributed by atoms with van der Waals surface area (Å²) in [5.74, 6) is 0.00981. The molecular weight excluding hydrogens is 130 g/mol. The molecule has 3 heteroatoms. The predicted molar refractivity (Wildman–Crippen MR) is 36.3 cm³/mol. The lowest BCUT2D eigenvalue weighted by Crippen LogP contribution is -1.95. The van der Waals surface area contributed by atoms with Crippen LogP contribution < -0.4 is 0 Å². The van der Waals surface area contributed by atoms with Crippen LogP contribution in [0.2, 0.25) is 0 Å². The third-order valence-corrected chi connectivity index (χ3v) is 1.64. The molecular formula is C7H7NO2. The van der Waals surface area contributed by atoms with E-state index < -0.39 is 6.10 Å². The molecule has 0 aromatic carbocycles. The van der Waals surface area contributed by atoms with Crippen molar-refractivity contribution in [1.82, 2.24) is 4.57 Å². The van der Waals surface area contributed by atoms with Gasteiger partial charge in [-0.1, -0.05) is 0 Å². The van der Waals surface area contributed by atoms with Gasteiger partial charge in [0.05, 0.1) is 5.69 Å². The monoisotopic (exact) mass is 137 g/mol. The second kappa shape index (κ2) is 1.64. The molecule has 0 bridgehead atoms. The molecule has 3 nitrogen and oxygen atoms in total. The third-order valence-electron chi connectivity index (χ3n) is 1.64. The van der Waals surface area contributed by atoms with Crippen LogP contribution in [0, 0.1) is 0 Å². The van der Waals surface area contributed by atoms with Gasteiger partial charge in [0.2, 0.25) is 0 Å². The second-order valence-corrected chi connectivity index (χ2v) is 2.30. The lowest BCUT2D eigenvalue weighted by molar-refractivity contribution is 0.160. The minimum absolute atomic E-state index is 0.00981. The van der Waals surface area contributed by atoms with Crippen molar-refractivity contribution in [3.05, 3.63) is 29.8 Å². The molecule has 0 spiro atoms. The van der Waals surface area contributed by atoms with E-state index >= 15 is 0 Å². The summed E-state index contributed by atoms with van der Waals surface area (Å²) in [6.07, 6.45) is 2.46. The molecule has 1 unspecified atom stereocenters. The highest BCUT2D eigenvalue weighted by atomic mass is 16.3. The standard InChI is InChI=1S/C7H7NO2/c9-6-4-8-3-1-2-5(8)7(6)10/h1-4,7,9-10H. The molecule has 1 aromatic heterocycles. The summed E-state index contributed by atoms with van der Waals surface area (Å²) in [5, 5.41) is 18.2. The van der Waals surface area contributed by atoms with Crippen LogP contribution in [0.4, 0.5) is 0 Å². The SMILES string of the molecule is OC1=Cn2cccc2C1O. The fourth-order valence-corrected chi connectivity index (χ4v) is 1.12. The van der Waals surface area contributed by atoms with Crippen molar-refractivity contribution in [2.45, 2.75) is 6.10 Å². The molecule has 10 heavy (non-hydrogen) atoms. The van der Waals surface area contributed by atoms with Gasteiger partial charge >= 0.3 is 0 Å². The van der Waals surface area contributed by atoms with Crippen molar-refractivity contribution < 1.29 is 10.2 Å². The smallest absolute Gasteiger partial charge is 0.152 e. The van der Waals surface area contributed by atoms with Gasteiger partial charge in [-0.2, -0.15) is 0 Å². The first kappa shape index (κ1) is 5.56. The van der Waals surface area contributed by atoms with Crippen molar-refractivity contribution in [2.24, 2.45) is 0 Å². The lowest BCUT2D eigenvalue weighted by Gasteiger charge is -1.99. The van der Waals surface area contributed by atoms with Gasteiger partial charge in [-0.25, -0.2) is 0 Å². The van der Waals surface area contributed by atoms with E-state index in [-0.39, 0.29) is 5.76 Å². The molecule has 0 radical (unpaired) electrons. The maximum atomic E-state index is 9.20. The fraction of sp³-hybridized carbons (Fsp3) is 0.143. The first-order valence-electron chi connectivity index (χ1n) is 3.04. The van der Waals surface area contributed by atoms with Crippen LogP contribution in [0.1, 0.15) is 11.8 Å². The first-order valence-corrected chi connectivity index (χ1v) is 3.04. The molecule has 0 saturated carbocycles. The van der Waals surface area contributed by atoms with Gasteiger partial charge in [0.15, 0.2) is 6.10 Å². The van der Waals surface area contributed by atoms with Crippen LogP contribution >= 0.6 is 0 Å². The number of aromatic nitrogens is 1. The number of fused-ring (bicyclic) bond motifs is 1. The van der Waals surface area contributed by atoms with E-state index in [2.05, 4.69) is 0 Å². The Labute approximate surface area is 57.8 Å². The molecule has 1 aromatic rings. The molecule has 1 aliphatic rings. The quantitative estimate of drug-likeness (QED) is 0.557. The first-order chi connectivity index (χ1) is 4.79. The number of rotatable bonds is 0. The number of nitrogens with zero attached hydrogens (tertiary/aromatic N) is 1. The van der Waals surface area contributed by atoms with Crippen LogP contribution in [0.3, 0.4) is 0 Å². The van der Waals surface area contributed by atoms with Gasteiger partial charge in [0, 0.05) is 12.4 Å². The fourth-order valence-electron chi connectivity index (χ4n) is 1.12. The topological polar surface area (TPSA) is 45.4 Å². The molecule has 2 N–H and O–H groups in total. The van der Waals surface area contributed by atoms with Gasteiger partial charge in [-0.05, 0) is 12.1 Å². The van der Waals surface area contributed by atoms with Crippen molar-refractivity contribution in [1.29, 1.82) is 0 Å². The average Bonchev–Trinajstić information content (AvgIpc) is 2.41. The Morgan fingerprint density at radius 2 is 2.30 bits per heavy atom. The highest BCUT2D eigenvalue weighted by Gasteiger charge is 2.21. The summed E-state index contributed by atoms with van der Waals surface area (Å²) in [6, 6.07) is 3.59. The van der Waals surface area contributed by atoms with E-state index in [1.807, 2.05) is 6.07 Å². The molecule has 0 amide bonds. The van der Waals surface area contributed by atoms with Crippen LogP contribution in [0.15, 0.2) is 24.1 Å². The number of hydrogen-bond acceptors (Lipinski definition) is 2. The van der Waals surface area contributed by atoms with Crippen molar-refractivity contribution in [3.63, 3.8) is 0 Å². The van der Waals surface area contributed by atoms with E-state index in [9.17, 15) is 5.11 Å². The van der Waals surface area contributed by atoms with Crippen LogP contribution in [-0.2, 0) is 0 Å². The Balaban J connectivity index is 2.57. The summed E-state index contributed by atoms with van der Waals surface area (Å²) in [7, 11) is 0. The van der Waals surface area contributed by atoms with Gasteiger partial charge in [-0.3, -0.25) is 0 Å². The Kier molecular flexibility index (Phi) is 0.910. The van der Waals surface area contributed by atoms with E-state index in [0.29, 0.717) is 0 Å². The Hall–Kier alpha value is -1.22. The molecule has 1 aliphatic heterocycles. The third kappa shape index (κ3) is 0.525. The molecule has 2 rings (SSSR count). The summed E-state index contributed by atoms with van der Waals surface area (Å²) in [6.45, 7) is 0. The summed E-state index contributed by atoms with van der Waals surface area (Å²) >= 11 is 0. The Bertz CT molecular complexity index is 288. The number of aliphatic hydroxyl groups is 2. The van der Waals surface area contributed by atoms with Gasteiger partial charge in [-0.15, -0.1) is 0 Å². The zero-order valence-corrected chi connectivity index (χ0v) is 5.23. The van der Waals surface area contributed by atoms with Crippen LogP contribution in [0.5, 0.6) is 0 Å². The molecule has 2 heterocycles. The molecule has 52 valence electrons. The summed E-state index contributed by atoms with van der Waals surface area (Å²) in [5.41, 5.74) is 0.720. The molecule has 0 fully saturated rings. The number of hydrogen-bond donors (Lipinski definition) is 2. The normalized spacial score (nSPS) is 22.5. The second-order valence-electron chi connectivity index (χ2n) is 2.30. The molecule has 1 atom stereocenters. The highest BCUT2D eigenvalue weighted by Crippen LogP contribution is 2.26. The zero-order chi connectivity index (χ0) is 7.14. The molecule has 0 saturated heterocycles. The van der Waals surface area contributed by atoms with Crippen LogP contribution in [0.25, 0.3) is 6.20 Å². The minimum Gasteiger partial charge on any atom is -0.508 e. The number of aliphatic hydroxyl groups excluding tert-OH is 2. The largest absolute Gasteiger partial charge is 0.508 e. The maximum absolute atomic E-state index is 9.20.